The minimum absolute atomic E-state index is 0.0872. The van der Waals surface area contributed by atoms with Crippen LogP contribution < -0.4 is 4.74 Å². The molecule has 0 radical (unpaired) electrons. The predicted molar refractivity (Wildman–Crippen MR) is 87.9 cm³/mol. The molecule has 122 valence electrons. The van der Waals surface area contributed by atoms with E-state index in [1.807, 2.05) is 20.8 Å². The molecule has 1 amide bonds. The summed E-state index contributed by atoms with van der Waals surface area (Å²) in [4.78, 5) is 13.8. The van der Waals surface area contributed by atoms with Crippen LogP contribution in [0.5, 0.6) is 5.75 Å². The molecule has 0 aromatic heterocycles. The number of hydrogen-bond acceptors (Lipinski definition) is 3. The van der Waals surface area contributed by atoms with Gasteiger partial charge >= 0.3 is 6.09 Å². The first-order valence-electron chi connectivity index (χ1n) is 7.33. The molecule has 1 fully saturated rings. The summed E-state index contributed by atoms with van der Waals surface area (Å²) in [6.45, 7) is 6.76. The molecule has 6 heteroatoms. The van der Waals surface area contributed by atoms with Gasteiger partial charge in [0, 0.05) is 16.6 Å². The van der Waals surface area contributed by atoms with E-state index in [1.165, 1.54) is 0 Å². The highest BCUT2D eigenvalue weighted by Gasteiger charge is 2.28. The molecule has 1 heterocycles. The van der Waals surface area contributed by atoms with Gasteiger partial charge in [-0.1, -0.05) is 23.2 Å². The van der Waals surface area contributed by atoms with Crippen molar-refractivity contribution < 1.29 is 14.3 Å². The molecule has 0 aliphatic carbocycles. The second kappa shape index (κ2) is 6.97. The third-order valence-corrected chi connectivity index (χ3v) is 3.61. The lowest BCUT2D eigenvalue weighted by Gasteiger charge is -2.34. The van der Waals surface area contributed by atoms with Crippen molar-refractivity contribution in [3.8, 4) is 5.75 Å². The first-order valence-corrected chi connectivity index (χ1v) is 8.09. The van der Waals surface area contributed by atoms with Gasteiger partial charge in [-0.2, -0.15) is 0 Å². The van der Waals surface area contributed by atoms with E-state index in [0.717, 1.165) is 12.8 Å². The average molecular weight is 346 g/mol. The third kappa shape index (κ3) is 5.25. The van der Waals surface area contributed by atoms with E-state index in [9.17, 15) is 4.79 Å². The number of halogens is 2. The number of ether oxygens (including phenoxy) is 2. The number of nitrogens with zero attached hydrogens (tertiary/aromatic N) is 1. The lowest BCUT2D eigenvalue weighted by Crippen LogP contribution is -2.46. The maximum Gasteiger partial charge on any atom is 0.410 e. The number of benzene rings is 1. The summed E-state index contributed by atoms with van der Waals surface area (Å²) in [5, 5.41) is 1.06. The number of hydrogen-bond donors (Lipinski definition) is 0. The molecule has 1 saturated heterocycles. The van der Waals surface area contributed by atoms with Gasteiger partial charge in [0.25, 0.3) is 0 Å². The first-order chi connectivity index (χ1) is 10.2. The van der Waals surface area contributed by atoms with E-state index in [0.29, 0.717) is 28.9 Å². The summed E-state index contributed by atoms with van der Waals surface area (Å²) >= 11 is 11.9. The van der Waals surface area contributed by atoms with Gasteiger partial charge in [-0.15, -0.1) is 0 Å². The highest BCUT2D eigenvalue weighted by molar-refractivity contribution is 6.34. The summed E-state index contributed by atoms with van der Waals surface area (Å²) in [6.07, 6.45) is 1.36. The number of amides is 1. The summed E-state index contributed by atoms with van der Waals surface area (Å²) in [7, 11) is 0. The zero-order chi connectivity index (χ0) is 16.3. The van der Waals surface area contributed by atoms with E-state index in [2.05, 4.69) is 0 Å². The molecule has 1 aliphatic heterocycles. The van der Waals surface area contributed by atoms with Crippen molar-refractivity contribution in [2.24, 2.45) is 0 Å². The molecule has 0 N–H and O–H groups in total. The second-order valence-electron chi connectivity index (χ2n) is 6.41. The van der Waals surface area contributed by atoms with Crippen LogP contribution in [0.15, 0.2) is 18.2 Å². The number of likely N-dealkylation sites (tertiary alicyclic amines) is 1. The van der Waals surface area contributed by atoms with E-state index >= 15 is 0 Å². The Kier molecular flexibility index (Phi) is 5.45. The van der Waals surface area contributed by atoms with Crippen molar-refractivity contribution in [1.82, 2.24) is 4.90 Å². The van der Waals surface area contributed by atoms with Crippen molar-refractivity contribution in [2.45, 2.75) is 45.3 Å². The van der Waals surface area contributed by atoms with Crippen LogP contribution in [0.4, 0.5) is 4.79 Å². The monoisotopic (exact) mass is 345 g/mol. The lowest BCUT2D eigenvalue weighted by atomic mass is 10.1. The molecule has 1 atom stereocenters. The Morgan fingerprint density at radius 1 is 1.23 bits per heavy atom. The van der Waals surface area contributed by atoms with Crippen molar-refractivity contribution in [3.05, 3.63) is 28.2 Å². The van der Waals surface area contributed by atoms with Crippen molar-refractivity contribution in [2.75, 3.05) is 13.1 Å². The second-order valence-corrected chi connectivity index (χ2v) is 7.29. The van der Waals surface area contributed by atoms with Crippen molar-refractivity contribution in [3.63, 3.8) is 0 Å². The molecule has 2 rings (SSSR count). The summed E-state index contributed by atoms with van der Waals surface area (Å²) in [5.74, 6) is 0.619. The molecule has 0 spiro atoms. The zero-order valence-electron chi connectivity index (χ0n) is 13.1. The Morgan fingerprint density at radius 3 is 2.45 bits per heavy atom. The fourth-order valence-corrected chi connectivity index (χ4v) is 2.82. The molecule has 0 saturated carbocycles. The molecule has 0 unspecified atom stereocenters. The average Bonchev–Trinajstić information content (AvgIpc) is 2.35. The van der Waals surface area contributed by atoms with Gasteiger partial charge in [-0.05, 0) is 51.8 Å². The summed E-state index contributed by atoms with van der Waals surface area (Å²) < 4.78 is 11.3. The van der Waals surface area contributed by atoms with Crippen molar-refractivity contribution >= 4 is 29.3 Å². The molecule has 1 aromatic carbocycles. The van der Waals surface area contributed by atoms with Crippen LogP contribution in [0.3, 0.4) is 0 Å². The Hall–Kier alpha value is -1.13. The van der Waals surface area contributed by atoms with Crippen LogP contribution in [-0.4, -0.2) is 35.8 Å². The first kappa shape index (κ1) is 17.2. The number of rotatable bonds is 2. The van der Waals surface area contributed by atoms with Gasteiger partial charge in [-0.3, -0.25) is 0 Å². The number of carbonyl (C=O) groups is 1. The van der Waals surface area contributed by atoms with E-state index < -0.39 is 5.60 Å². The SMILES string of the molecule is CC(C)(C)OC(=O)N1CCC[C@H](Oc2cc(Cl)cc(Cl)c2)C1. The topological polar surface area (TPSA) is 38.8 Å². The van der Waals surface area contributed by atoms with Crippen LogP contribution in [0.25, 0.3) is 0 Å². The van der Waals surface area contributed by atoms with Crippen LogP contribution in [0.1, 0.15) is 33.6 Å². The standard InChI is InChI=1S/C16H21Cl2NO3/c1-16(2,3)22-15(20)19-6-4-5-13(10-19)21-14-8-11(17)7-12(18)9-14/h7-9,13H,4-6,10H2,1-3H3/t13-/m0/s1. The highest BCUT2D eigenvalue weighted by Crippen LogP contribution is 2.26. The van der Waals surface area contributed by atoms with Gasteiger partial charge in [0.1, 0.15) is 17.5 Å². The molecule has 0 bridgehead atoms. The van der Waals surface area contributed by atoms with Crippen LogP contribution >= 0.6 is 23.2 Å². The minimum Gasteiger partial charge on any atom is -0.488 e. The largest absolute Gasteiger partial charge is 0.488 e. The highest BCUT2D eigenvalue weighted by atomic mass is 35.5. The Morgan fingerprint density at radius 2 is 1.86 bits per heavy atom. The zero-order valence-corrected chi connectivity index (χ0v) is 14.6. The number of piperidine rings is 1. The van der Waals surface area contributed by atoms with E-state index in [1.54, 1.807) is 23.1 Å². The summed E-state index contributed by atoms with van der Waals surface area (Å²) in [5.41, 5.74) is -0.495. The Balaban J connectivity index is 1.97. The van der Waals surface area contributed by atoms with E-state index in [-0.39, 0.29) is 12.2 Å². The number of carbonyl (C=O) groups excluding carboxylic acids is 1. The quantitative estimate of drug-likeness (QED) is 0.774. The van der Waals surface area contributed by atoms with Gasteiger partial charge in [0.05, 0.1) is 6.54 Å². The van der Waals surface area contributed by atoms with Crippen LogP contribution in [-0.2, 0) is 4.74 Å². The molecular formula is C16H21Cl2NO3. The van der Waals surface area contributed by atoms with E-state index in [4.69, 9.17) is 32.7 Å². The van der Waals surface area contributed by atoms with Crippen molar-refractivity contribution in [1.29, 1.82) is 0 Å². The normalized spacial score (nSPS) is 19.0. The van der Waals surface area contributed by atoms with Gasteiger partial charge in [-0.25, -0.2) is 4.79 Å². The molecule has 1 aromatic rings. The van der Waals surface area contributed by atoms with Crippen LogP contribution in [0.2, 0.25) is 10.0 Å². The maximum atomic E-state index is 12.1. The van der Waals surface area contributed by atoms with Gasteiger partial charge in [0.2, 0.25) is 0 Å². The molecule has 22 heavy (non-hydrogen) atoms. The smallest absolute Gasteiger partial charge is 0.410 e. The third-order valence-electron chi connectivity index (χ3n) is 3.17. The van der Waals surface area contributed by atoms with Gasteiger partial charge in [0.15, 0.2) is 0 Å². The minimum atomic E-state index is -0.495. The fourth-order valence-electron chi connectivity index (χ4n) is 2.32. The molecule has 4 nitrogen and oxygen atoms in total. The maximum absolute atomic E-state index is 12.1. The summed E-state index contributed by atoms with van der Waals surface area (Å²) in [6, 6.07) is 5.10. The van der Waals surface area contributed by atoms with Gasteiger partial charge < -0.3 is 14.4 Å². The fraction of sp³-hybridized carbons (Fsp3) is 0.562. The molecular weight excluding hydrogens is 325 g/mol. The van der Waals surface area contributed by atoms with Crippen LogP contribution in [0, 0.1) is 0 Å². The lowest BCUT2D eigenvalue weighted by molar-refractivity contribution is 0.00776. The Bertz CT molecular complexity index is 522. The molecule has 1 aliphatic rings. The predicted octanol–water partition coefficient (Wildman–Crippen LogP) is 4.77. The Labute approximate surface area is 141 Å².